The number of aromatic nitrogens is 1. The predicted octanol–water partition coefficient (Wildman–Crippen LogP) is 1.70. The van der Waals surface area contributed by atoms with Crippen molar-refractivity contribution < 1.29 is 9.90 Å². The first kappa shape index (κ1) is 9.96. The highest BCUT2D eigenvalue weighted by Gasteiger charge is 2.17. The van der Waals surface area contributed by atoms with Crippen molar-refractivity contribution in [1.29, 1.82) is 0 Å². The van der Waals surface area contributed by atoms with E-state index in [1.807, 2.05) is 0 Å². The lowest BCUT2D eigenvalue weighted by Crippen LogP contribution is -2.12. The quantitative estimate of drug-likeness (QED) is 0.773. The summed E-state index contributed by atoms with van der Waals surface area (Å²) in [6.07, 6.45) is 4.19. The lowest BCUT2D eigenvalue weighted by Gasteiger charge is -2.17. The van der Waals surface area contributed by atoms with Gasteiger partial charge in [-0.25, -0.2) is 9.78 Å². The zero-order valence-corrected chi connectivity index (χ0v) is 8.71. The van der Waals surface area contributed by atoms with E-state index in [0.717, 1.165) is 36.9 Å². The first-order valence-electron chi connectivity index (χ1n) is 5.16. The van der Waals surface area contributed by atoms with Gasteiger partial charge in [-0.1, -0.05) is 0 Å². The van der Waals surface area contributed by atoms with Crippen molar-refractivity contribution in [3.63, 3.8) is 0 Å². The number of anilines is 1. The average molecular weight is 206 g/mol. The molecule has 0 fully saturated rings. The van der Waals surface area contributed by atoms with E-state index in [-0.39, 0.29) is 5.56 Å². The zero-order chi connectivity index (χ0) is 10.8. The standard InChI is InChI=1S/C11H14N2O2/c1-12-10-8(11(14)15)6-7-4-2-3-5-9(7)13-10/h6H,2-5H2,1H3,(H,12,13)(H,14,15). The maximum absolute atomic E-state index is 11.0. The number of nitrogens with zero attached hydrogens (tertiary/aromatic N) is 1. The lowest BCUT2D eigenvalue weighted by atomic mass is 9.95. The molecule has 4 heteroatoms. The summed E-state index contributed by atoms with van der Waals surface area (Å²) in [7, 11) is 1.70. The van der Waals surface area contributed by atoms with Gasteiger partial charge in [0.25, 0.3) is 0 Å². The van der Waals surface area contributed by atoms with E-state index in [0.29, 0.717) is 5.82 Å². The molecule has 1 aromatic heterocycles. The van der Waals surface area contributed by atoms with Gasteiger partial charge in [-0.2, -0.15) is 0 Å². The molecule has 0 radical (unpaired) electrons. The Balaban J connectivity index is 2.51. The summed E-state index contributed by atoms with van der Waals surface area (Å²) in [6.45, 7) is 0. The Labute approximate surface area is 88.3 Å². The first-order chi connectivity index (χ1) is 7.22. The summed E-state index contributed by atoms with van der Waals surface area (Å²) in [4.78, 5) is 15.3. The molecule has 80 valence electrons. The van der Waals surface area contributed by atoms with Crippen molar-refractivity contribution in [2.24, 2.45) is 0 Å². The molecule has 1 aliphatic rings. The fourth-order valence-corrected chi connectivity index (χ4v) is 1.99. The summed E-state index contributed by atoms with van der Waals surface area (Å²) in [5.74, 6) is -0.441. The molecule has 1 heterocycles. The minimum atomic E-state index is -0.916. The van der Waals surface area contributed by atoms with Crippen LogP contribution in [0.3, 0.4) is 0 Å². The highest BCUT2D eigenvalue weighted by atomic mass is 16.4. The number of hydrogen-bond acceptors (Lipinski definition) is 3. The normalized spacial score (nSPS) is 14.5. The lowest BCUT2D eigenvalue weighted by molar-refractivity contribution is 0.0697. The molecule has 0 aromatic carbocycles. The van der Waals surface area contributed by atoms with Gasteiger partial charge in [-0.3, -0.25) is 0 Å². The number of rotatable bonds is 2. The Morgan fingerprint density at radius 1 is 1.47 bits per heavy atom. The highest BCUT2D eigenvalue weighted by molar-refractivity contribution is 5.93. The third kappa shape index (κ3) is 1.79. The summed E-state index contributed by atoms with van der Waals surface area (Å²) in [6, 6.07) is 1.76. The summed E-state index contributed by atoms with van der Waals surface area (Å²) in [5, 5.41) is 11.9. The van der Waals surface area contributed by atoms with Gasteiger partial charge >= 0.3 is 5.97 Å². The average Bonchev–Trinajstić information content (AvgIpc) is 2.27. The molecule has 0 atom stereocenters. The van der Waals surface area contributed by atoms with E-state index in [1.165, 1.54) is 0 Å². The van der Waals surface area contributed by atoms with E-state index in [9.17, 15) is 4.79 Å². The molecule has 2 rings (SSSR count). The van der Waals surface area contributed by atoms with Gasteiger partial charge in [0.2, 0.25) is 0 Å². The van der Waals surface area contributed by atoms with Crippen LogP contribution in [0.25, 0.3) is 0 Å². The van der Waals surface area contributed by atoms with Crippen LogP contribution < -0.4 is 5.32 Å². The van der Waals surface area contributed by atoms with Crippen molar-refractivity contribution in [2.45, 2.75) is 25.7 Å². The number of fused-ring (bicyclic) bond motifs is 1. The Hall–Kier alpha value is -1.58. The van der Waals surface area contributed by atoms with Crippen molar-refractivity contribution >= 4 is 11.8 Å². The van der Waals surface area contributed by atoms with Crippen LogP contribution in [0.5, 0.6) is 0 Å². The van der Waals surface area contributed by atoms with Gasteiger partial charge in [0, 0.05) is 12.7 Å². The van der Waals surface area contributed by atoms with Crippen LogP contribution >= 0.6 is 0 Å². The smallest absolute Gasteiger partial charge is 0.339 e. The van der Waals surface area contributed by atoms with E-state index < -0.39 is 5.97 Å². The zero-order valence-electron chi connectivity index (χ0n) is 8.71. The molecule has 2 N–H and O–H groups in total. The number of aryl methyl sites for hydroxylation is 2. The van der Waals surface area contributed by atoms with E-state index in [1.54, 1.807) is 13.1 Å². The molecule has 0 unspecified atom stereocenters. The van der Waals surface area contributed by atoms with Crippen LogP contribution in [0.2, 0.25) is 0 Å². The van der Waals surface area contributed by atoms with E-state index in [2.05, 4.69) is 10.3 Å². The SMILES string of the molecule is CNc1nc2c(cc1C(=O)O)CCCC2. The first-order valence-corrected chi connectivity index (χ1v) is 5.16. The van der Waals surface area contributed by atoms with Crippen molar-refractivity contribution in [3.8, 4) is 0 Å². The van der Waals surface area contributed by atoms with E-state index >= 15 is 0 Å². The Kier molecular flexibility index (Phi) is 2.58. The van der Waals surface area contributed by atoms with Gasteiger partial charge in [0.1, 0.15) is 11.4 Å². The number of pyridine rings is 1. The Bertz CT molecular complexity index is 402. The third-order valence-corrected chi connectivity index (χ3v) is 2.77. The number of aromatic carboxylic acids is 1. The van der Waals surface area contributed by atoms with Crippen LogP contribution in [0, 0.1) is 0 Å². The summed E-state index contributed by atoms with van der Waals surface area (Å²) < 4.78 is 0. The maximum Gasteiger partial charge on any atom is 0.339 e. The number of carboxylic acids is 1. The van der Waals surface area contributed by atoms with Gasteiger partial charge in [0.05, 0.1) is 0 Å². The molecule has 0 saturated heterocycles. The molecule has 0 bridgehead atoms. The van der Waals surface area contributed by atoms with Crippen LogP contribution in [-0.2, 0) is 12.8 Å². The summed E-state index contributed by atoms with van der Waals surface area (Å²) in [5.41, 5.74) is 2.42. The van der Waals surface area contributed by atoms with Crippen LogP contribution in [0.4, 0.5) is 5.82 Å². The minimum absolute atomic E-state index is 0.276. The molecule has 4 nitrogen and oxygen atoms in total. The second-order valence-corrected chi connectivity index (χ2v) is 3.75. The number of nitrogens with one attached hydrogen (secondary N) is 1. The molecule has 1 aromatic rings. The van der Waals surface area contributed by atoms with Crippen molar-refractivity contribution in [3.05, 3.63) is 22.9 Å². The fraction of sp³-hybridized carbons (Fsp3) is 0.455. The van der Waals surface area contributed by atoms with Crippen molar-refractivity contribution in [2.75, 3.05) is 12.4 Å². The molecule has 1 aliphatic carbocycles. The molecule has 0 amide bonds. The monoisotopic (exact) mass is 206 g/mol. The second-order valence-electron chi connectivity index (χ2n) is 3.75. The molecule has 0 spiro atoms. The molecule has 0 saturated carbocycles. The van der Waals surface area contributed by atoms with Gasteiger partial charge in [0.15, 0.2) is 0 Å². The number of carboxylic acid groups (broad SMARTS) is 1. The maximum atomic E-state index is 11.0. The predicted molar refractivity (Wildman–Crippen MR) is 57.4 cm³/mol. The molecular formula is C11H14N2O2. The third-order valence-electron chi connectivity index (χ3n) is 2.77. The van der Waals surface area contributed by atoms with Gasteiger partial charge < -0.3 is 10.4 Å². The van der Waals surface area contributed by atoms with Crippen LogP contribution in [0.15, 0.2) is 6.07 Å². The van der Waals surface area contributed by atoms with E-state index in [4.69, 9.17) is 5.11 Å². The minimum Gasteiger partial charge on any atom is -0.478 e. The van der Waals surface area contributed by atoms with Crippen molar-refractivity contribution in [1.82, 2.24) is 4.98 Å². The topological polar surface area (TPSA) is 62.2 Å². The second kappa shape index (κ2) is 3.88. The number of hydrogen-bond donors (Lipinski definition) is 2. The van der Waals surface area contributed by atoms with Gasteiger partial charge in [-0.05, 0) is 37.3 Å². The molecule has 15 heavy (non-hydrogen) atoms. The molecule has 0 aliphatic heterocycles. The highest BCUT2D eigenvalue weighted by Crippen LogP contribution is 2.24. The molecular weight excluding hydrogens is 192 g/mol. The Morgan fingerprint density at radius 3 is 2.87 bits per heavy atom. The largest absolute Gasteiger partial charge is 0.478 e. The number of carbonyl (C=O) groups is 1. The Morgan fingerprint density at radius 2 is 2.20 bits per heavy atom. The van der Waals surface area contributed by atoms with Gasteiger partial charge in [-0.15, -0.1) is 0 Å². The van der Waals surface area contributed by atoms with Crippen LogP contribution in [-0.4, -0.2) is 23.1 Å². The summed E-state index contributed by atoms with van der Waals surface area (Å²) >= 11 is 0. The van der Waals surface area contributed by atoms with Crippen LogP contribution in [0.1, 0.15) is 34.5 Å². The fourth-order valence-electron chi connectivity index (χ4n) is 1.99.